The van der Waals surface area contributed by atoms with E-state index in [-0.39, 0.29) is 12.5 Å². The summed E-state index contributed by atoms with van der Waals surface area (Å²) >= 11 is 0. The van der Waals surface area contributed by atoms with Crippen molar-refractivity contribution in [3.63, 3.8) is 0 Å². The van der Waals surface area contributed by atoms with Crippen molar-refractivity contribution >= 4 is 18.1 Å². The van der Waals surface area contributed by atoms with Crippen LogP contribution in [-0.2, 0) is 11.2 Å². The first-order valence-corrected chi connectivity index (χ1v) is 7.45. The van der Waals surface area contributed by atoms with Crippen molar-refractivity contribution in [2.24, 2.45) is 5.10 Å². The van der Waals surface area contributed by atoms with Gasteiger partial charge in [-0.15, -0.1) is 0 Å². The summed E-state index contributed by atoms with van der Waals surface area (Å²) in [5.74, 6) is -0.861. The fraction of sp³-hybridized carbons (Fsp3) is 0.167. The summed E-state index contributed by atoms with van der Waals surface area (Å²) in [6.07, 6.45) is 2.42. The number of nitrogens with one attached hydrogen (secondary N) is 1. The third kappa shape index (κ3) is 5.24. The average Bonchev–Trinajstić information content (AvgIpc) is 2.61. The van der Waals surface area contributed by atoms with E-state index in [0.717, 1.165) is 12.0 Å². The summed E-state index contributed by atoms with van der Waals surface area (Å²) in [5, 5.41) is 12.4. The van der Waals surface area contributed by atoms with E-state index in [1.54, 1.807) is 36.4 Å². The lowest BCUT2D eigenvalue weighted by molar-refractivity contribution is -0.139. The Balaban J connectivity index is 1.88. The normalized spacial score (nSPS) is 10.5. The lowest BCUT2D eigenvalue weighted by Crippen LogP contribution is -2.17. The molecule has 2 N–H and O–H groups in total. The second kappa shape index (κ2) is 8.47. The first-order chi connectivity index (χ1) is 11.6. The largest absolute Gasteiger partial charge is 0.482 e. The summed E-state index contributed by atoms with van der Waals surface area (Å²) in [6.45, 7) is 1.66. The minimum absolute atomic E-state index is 0.282. The highest BCUT2D eigenvalue weighted by Gasteiger charge is 2.03. The number of aryl methyl sites for hydroxylation is 1. The Hall–Kier alpha value is -3.15. The molecule has 0 aliphatic heterocycles. The van der Waals surface area contributed by atoms with Crippen molar-refractivity contribution in [3.05, 3.63) is 65.2 Å². The standard InChI is InChI=1S/C18H18N2O4/c1-2-13-3-7-15(8-4-13)18(23)20-19-11-14-5-9-16(10-6-14)24-12-17(21)22/h3-11H,2,12H2,1H3,(H,20,23)(H,21,22)/b19-11-. The van der Waals surface area contributed by atoms with Gasteiger partial charge in [-0.05, 0) is 53.9 Å². The maximum absolute atomic E-state index is 11.9. The van der Waals surface area contributed by atoms with Crippen LogP contribution in [0.1, 0.15) is 28.4 Å². The van der Waals surface area contributed by atoms with E-state index in [9.17, 15) is 9.59 Å². The molecule has 0 saturated carbocycles. The summed E-state index contributed by atoms with van der Waals surface area (Å²) in [7, 11) is 0. The molecule has 0 fully saturated rings. The molecular formula is C18H18N2O4. The molecule has 0 radical (unpaired) electrons. The van der Waals surface area contributed by atoms with Gasteiger partial charge in [-0.2, -0.15) is 5.10 Å². The first kappa shape index (κ1) is 17.2. The molecule has 0 heterocycles. The molecule has 2 rings (SSSR count). The zero-order valence-corrected chi connectivity index (χ0v) is 13.2. The van der Waals surface area contributed by atoms with Gasteiger partial charge >= 0.3 is 5.97 Å². The lowest BCUT2D eigenvalue weighted by Gasteiger charge is -2.03. The molecule has 6 nitrogen and oxygen atoms in total. The van der Waals surface area contributed by atoms with E-state index in [1.807, 2.05) is 12.1 Å². The molecule has 124 valence electrons. The van der Waals surface area contributed by atoms with Crippen LogP contribution in [0.25, 0.3) is 0 Å². The highest BCUT2D eigenvalue weighted by molar-refractivity contribution is 5.94. The number of hydrogen-bond acceptors (Lipinski definition) is 4. The number of carbonyl (C=O) groups is 2. The Labute approximate surface area is 139 Å². The van der Waals surface area contributed by atoms with E-state index >= 15 is 0 Å². The topological polar surface area (TPSA) is 88.0 Å². The van der Waals surface area contributed by atoms with Gasteiger partial charge in [0, 0.05) is 5.56 Å². The zero-order chi connectivity index (χ0) is 17.4. The van der Waals surface area contributed by atoms with E-state index in [0.29, 0.717) is 11.3 Å². The van der Waals surface area contributed by atoms with Gasteiger partial charge in [0.1, 0.15) is 5.75 Å². The highest BCUT2D eigenvalue weighted by atomic mass is 16.5. The lowest BCUT2D eigenvalue weighted by atomic mass is 10.1. The smallest absolute Gasteiger partial charge is 0.341 e. The number of hydrazone groups is 1. The minimum atomic E-state index is -1.03. The van der Waals surface area contributed by atoms with Gasteiger partial charge in [0.25, 0.3) is 5.91 Å². The number of carbonyl (C=O) groups excluding carboxylic acids is 1. The Bertz CT molecular complexity index is 722. The van der Waals surface area contributed by atoms with Crippen LogP contribution in [-0.4, -0.2) is 29.8 Å². The van der Waals surface area contributed by atoms with Crippen molar-refractivity contribution in [2.45, 2.75) is 13.3 Å². The van der Waals surface area contributed by atoms with E-state index in [1.165, 1.54) is 11.8 Å². The monoisotopic (exact) mass is 326 g/mol. The van der Waals surface area contributed by atoms with Crippen LogP contribution in [0.4, 0.5) is 0 Å². The molecule has 0 bridgehead atoms. The van der Waals surface area contributed by atoms with Crippen LogP contribution < -0.4 is 10.2 Å². The molecule has 0 aliphatic rings. The number of rotatable bonds is 7. The maximum Gasteiger partial charge on any atom is 0.341 e. The number of amides is 1. The Morgan fingerprint density at radius 3 is 2.38 bits per heavy atom. The number of ether oxygens (including phenoxy) is 1. The molecule has 2 aromatic rings. The fourth-order valence-corrected chi connectivity index (χ4v) is 1.92. The number of aliphatic carboxylic acids is 1. The number of hydrogen-bond donors (Lipinski definition) is 2. The molecule has 0 saturated heterocycles. The molecule has 24 heavy (non-hydrogen) atoms. The summed E-state index contributed by atoms with van der Waals surface area (Å²) < 4.78 is 5.03. The van der Waals surface area contributed by atoms with Gasteiger partial charge in [-0.25, -0.2) is 10.2 Å². The van der Waals surface area contributed by atoms with Crippen LogP contribution in [0.3, 0.4) is 0 Å². The number of nitrogens with zero attached hydrogens (tertiary/aromatic N) is 1. The van der Waals surface area contributed by atoms with E-state index in [4.69, 9.17) is 9.84 Å². The summed E-state index contributed by atoms with van der Waals surface area (Å²) in [6, 6.07) is 14.0. The minimum Gasteiger partial charge on any atom is -0.482 e. The van der Waals surface area contributed by atoms with Gasteiger partial charge in [-0.3, -0.25) is 4.79 Å². The van der Waals surface area contributed by atoms with Crippen molar-refractivity contribution in [1.82, 2.24) is 5.43 Å². The summed E-state index contributed by atoms with van der Waals surface area (Å²) in [4.78, 5) is 22.3. The second-order valence-corrected chi connectivity index (χ2v) is 5.00. The van der Waals surface area contributed by atoms with Gasteiger partial charge in [-0.1, -0.05) is 19.1 Å². The molecule has 0 aliphatic carbocycles. The van der Waals surface area contributed by atoms with Gasteiger partial charge in [0.15, 0.2) is 6.61 Å². The van der Waals surface area contributed by atoms with Crippen LogP contribution in [0.15, 0.2) is 53.6 Å². The highest BCUT2D eigenvalue weighted by Crippen LogP contribution is 2.11. The van der Waals surface area contributed by atoms with Crippen molar-refractivity contribution in [2.75, 3.05) is 6.61 Å². The van der Waals surface area contributed by atoms with Crippen LogP contribution in [0, 0.1) is 0 Å². The van der Waals surface area contributed by atoms with Crippen LogP contribution in [0.5, 0.6) is 5.75 Å². The molecular weight excluding hydrogens is 308 g/mol. The second-order valence-electron chi connectivity index (χ2n) is 5.00. The van der Waals surface area contributed by atoms with Gasteiger partial charge < -0.3 is 9.84 Å². The number of benzene rings is 2. The van der Waals surface area contributed by atoms with Gasteiger partial charge in [0.05, 0.1) is 6.21 Å². The fourth-order valence-electron chi connectivity index (χ4n) is 1.92. The predicted molar refractivity (Wildman–Crippen MR) is 90.5 cm³/mol. The molecule has 0 atom stereocenters. The van der Waals surface area contributed by atoms with Gasteiger partial charge in [0.2, 0.25) is 0 Å². The Morgan fingerprint density at radius 2 is 1.79 bits per heavy atom. The SMILES string of the molecule is CCc1ccc(C(=O)N/N=C\c2ccc(OCC(=O)O)cc2)cc1. The molecule has 0 spiro atoms. The first-order valence-electron chi connectivity index (χ1n) is 7.45. The number of carboxylic acids is 1. The Morgan fingerprint density at radius 1 is 1.12 bits per heavy atom. The molecule has 0 unspecified atom stereocenters. The van der Waals surface area contributed by atoms with E-state index in [2.05, 4.69) is 17.5 Å². The quantitative estimate of drug-likeness (QED) is 0.604. The van der Waals surface area contributed by atoms with Crippen molar-refractivity contribution < 1.29 is 19.4 Å². The molecule has 2 aromatic carbocycles. The Kier molecular flexibility index (Phi) is 6.08. The van der Waals surface area contributed by atoms with Crippen LogP contribution in [0.2, 0.25) is 0 Å². The van der Waals surface area contributed by atoms with E-state index < -0.39 is 5.97 Å². The third-order valence-electron chi connectivity index (χ3n) is 3.25. The molecule has 6 heteroatoms. The maximum atomic E-state index is 11.9. The van der Waals surface area contributed by atoms with Crippen molar-refractivity contribution in [1.29, 1.82) is 0 Å². The summed E-state index contributed by atoms with van der Waals surface area (Å²) in [5.41, 5.74) is 4.92. The molecule has 1 amide bonds. The predicted octanol–water partition coefficient (Wildman–Crippen LogP) is 2.48. The van der Waals surface area contributed by atoms with Crippen LogP contribution >= 0.6 is 0 Å². The average molecular weight is 326 g/mol. The number of carboxylic acid groups (broad SMARTS) is 1. The molecule has 0 aromatic heterocycles. The third-order valence-corrected chi connectivity index (χ3v) is 3.25. The zero-order valence-electron chi connectivity index (χ0n) is 13.2. The van der Waals surface area contributed by atoms with Crippen molar-refractivity contribution in [3.8, 4) is 5.75 Å².